The molecule has 0 aliphatic carbocycles. The van der Waals surface area contributed by atoms with Gasteiger partial charge in [0, 0.05) is 43.1 Å². The third kappa shape index (κ3) is 4.09. The first-order chi connectivity index (χ1) is 15.9. The van der Waals surface area contributed by atoms with Gasteiger partial charge in [0.15, 0.2) is 11.5 Å². The van der Waals surface area contributed by atoms with Gasteiger partial charge in [-0.25, -0.2) is 4.98 Å². The van der Waals surface area contributed by atoms with Gasteiger partial charge in [0.05, 0.1) is 11.1 Å². The number of nitrogens with two attached hydrogens (primary N) is 1. The molecule has 0 unspecified atom stereocenters. The molecule has 1 saturated heterocycles. The molecule has 0 spiro atoms. The minimum atomic E-state index is 0.221. The second kappa shape index (κ2) is 8.37. The predicted molar refractivity (Wildman–Crippen MR) is 135 cm³/mol. The normalized spacial score (nSPS) is 14.7. The van der Waals surface area contributed by atoms with Crippen LogP contribution in [0.5, 0.6) is 0 Å². The fourth-order valence-corrected chi connectivity index (χ4v) is 4.64. The Labute approximate surface area is 193 Å². The highest BCUT2D eigenvalue weighted by Crippen LogP contribution is 2.35. The number of piperazine rings is 1. The van der Waals surface area contributed by atoms with Gasteiger partial charge >= 0.3 is 0 Å². The van der Waals surface area contributed by atoms with Crippen molar-refractivity contribution in [1.82, 2.24) is 25.1 Å². The van der Waals surface area contributed by atoms with Crippen LogP contribution in [0.4, 0.5) is 23.1 Å². The van der Waals surface area contributed by atoms with Crippen molar-refractivity contribution in [3.63, 3.8) is 0 Å². The number of aryl methyl sites for hydroxylation is 3. The first-order valence-corrected chi connectivity index (χ1v) is 11.3. The topological polar surface area (TPSA) is 99.0 Å². The van der Waals surface area contributed by atoms with Crippen LogP contribution in [-0.2, 0) is 0 Å². The van der Waals surface area contributed by atoms with E-state index in [0.29, 0.717) is 11.5 Å². The molecule has 1 fully saturated rings. The van der Waals surface area contributed by atoms with E-state index in [1.165, 1.54) is 11.3 Å². The van der Waals surface area contributed by atoms with E-state index in [0.717, 1.165) is 59.6 Å². The van der Waals surface area contributed by atoms with E-state index in [1.54, 1.807) is 0 Å². The molecule has 1 aliphatic rings. The number of hydrogen-bond donors (Lipinski definition) is 3. The predicted octanol–water partition coefficient (Wildman–Crippen LogP) is 4.02. The molecule has 3 heterocycles. The lowest BCUT2D eigenvalue weighted by Gasteiger charge is -2.34. The second-order valence-electron chi connectivity index (χ2n) is 8.96. The van der Waals surface area contributed by atoms with Gasteiger partial charge in [-0.2, -0.15) is 10.1 Å². The second-order valence-corrected chi connectivity index (χ2v) is 8.96. The van der Waals surface area contributed by atoms with Crippen LogP contribution in [0.25, 0.3) is 22.3 Å². The van der Waals surface area contributed by atoms with E-state index >= 15 is 0 Å². The first-order valence-electron chi connectivity index (χ1n) is 11.3. The van der Waals surface area contributed by atoms with Crippen LogP contribution in [0.1, 0.15) is 16.7 Å². The maximum atomic E-state index is 6.05. The molecule has 0 atom stereocenters. The van der Waals surface area contributed by atoms with Gasteiger partial charge in [-0.05, 0) is 51.1 Å². The number of hydrogen-bond acceptors (Lipinski definition) is 7. The number of aromatic nitrogens is 4. The van der Waals surface area contributed by atoms with Gasteiger partial charge in [-0.3, -0.25) is 5.10 Å². The molecule has 2 aromatic carbocycles. The summed E-state index contributed by atoms with van der Waals surface area (Å²) in [5.74, 6) is 0.914. The van der Waals surface area contributed by atoms with Crippen LogP contribution in [0.2, 0.25) is 0 Å². The van der Waals surface area contributed by atoms with Crippen molar-refractivity contribution >= 4 is 34.2 Å². The summed E-state index contributed by atoms with van der Waals surface area (Å²) in [5.41, 5.74) is 14.2. The monoisotopic (exact) mass is 442 g/mol. The van der Waals surface area contributed by atoms with Crippen molar-refractivity contribution in [3.8, 4) is 11.3 Å². The SMILES string of the molecule is Cc1cc(C)c(Nc2n[nH]c3nc(N)nc(-c4ccc(N5CCN(C)CC5)cc4)c23)c(C)c1. The summed E-state index contributed by atoms with van der Waals surface area (Å²) < 4.78 is 0. The Morgan fingerprint density at radius 3 is 2.27 bits per heavy atom. The number of likely N-dealkylation sites (N-methyl/N-ethyl adjacent to an activating group) is 1. The maximum Gasteiger partial charge on any atom is 0.222 e. The van der Waals surface area contributed by atoms with Crippen LogP contribution >= 0.6 is 0 Å². The zero-order chi connectivity index (χ0) is 23.1. The molecule has 4 N–H and O–H groups in total. The van der Waals surface area contributed by atoms with Gasteiger partial charge < -0.3 is 20.9 Å². The average Bonchev–Trinajstić information content (AvgIpc) is 3.19. The van der Waals surface area contributed by atoms with E-state index in [1.807, 2.05) is 0 Å². The number of H-pyrrole nitrogens is 1. The number of aromatic amines is 1. The van der Waals surface area contributed by atoms with E-state index in [9.17, 15) is 0 Å². The Morgan fingerprint density at radius 1 is 0.939 bits per heavy atom. The van der Waals surface area contributed by atoms with Crippen LogP contribution in [0.15, 0.2) is 36.4 Å². The lowest BCUT2D eigenvalue weighted by molar-refractivity contribution is 0.313. The number of nitrogens with one attached hydrogen (secondary N) is 2. The quantitative estimate of drug-likeness (QED) is 0.439. The largest absolute Gasteiger partial charge is 0.369 e. The van der Waals surface area contributed by atoms with E-state index in [2.05, 4.69) is 99.5 Å². The number of rotatable bonds is 4. The summed E-state index contributed by atoms with van der Waals surface area (Å²) in [5, 5.41) is 11.9. The zero-order valence-electron chi connectivity index (χ0n) is 19.6. The summed E-state index contributed by atoms with van der Waals surface area (Å²) in [6.07, 6.45) is 0. The maximum absolute atomic E-state index is 6.05. The molecule has 0 bridgehead atoms. The zero-order valence-corrected chi connectivity index (χ0v) is 19.6. The van der Waals surface area contributed by atoms with Crippen molar-refractivity contribution in [3.05, 3.63) is 53.1 Å². The molecule has 0 radical (unpaired) electrons. The molecule has 33 heavy (non-hydrogen) atoms. The van der Waals surface area contributed by atoms with Crippen LogP contribution in [0.3, 0.4) is 0 Å². The molecule has 1 aliphatic heterocycles. The van der Waals surface area contributed by atoms with Gasteiger partial charge in [0.1, 0.15) is 0 Å². The Balaban J connectivity index is 1.53. The lowest BCUT2D eigenvalue weighted by atomic mass is 10.0. The third-order valence-corrected chi connectivity index (χ3v) is 6.37. The molecule has 2 aromatic heterocycles. The van der Waals surface area contributed by atoms with E-state index in [4.69, 9.17) is 5.73 Å². The van der Waals surface area contributed by atoms with Gasteiger partial charge in [0.2, 0.25) is 5.95 Å². The van der Waals surface area contributed by atoms with Crippen LogP contribution in [0, 0.1) is 20.8 Å². The standard InChI is InChI=1S/C25H30N8/c1-15-13-16(2)21(17(3)14-15)27-23-20-22(28-25(26)29-24(20)31-30-23)18-5-7-19(8-6-18)33-11-9-32(4)10-12-33/h5-8,13-14H,9-12H2,1-4H3,(H4,26,27,28,29,30,31). The summed E-state index contributed by atoms with van der Waals surface area (Å²) in [4.78, 5) is 13.8. The highest BCUT2D eigenvalue weighted by molar-refractivity contribution is 6.00. The smallest absolute Gasteiger partial charge is 0.222 e. The molecule has 0 saturated carbocycles. The number of benzene rings is 2. The first kappa shape index (κ1) is 21.2. The number of nitrogen functional groups attached to an aromatic ring is 1. The molecule has 8 heteroatoms. The van der Waals surface area contributed by atoms with Crippen molar-refractivity contribution < 1.29 is 0 Å². The molecular formula is C25H30N8. The lowest BCUT2D eigenvalue weighted by Crippen LogP contribution is -2.44. The van der Waals surface area contributed by atoms with Gasteiger partial charge in [0.25, 0.3) is 0 Å². The minimum Gasteiger partial charge on any atom is -0.369 e. The Kier molecular flexibility index (Phi) is 5.38. The molecule has 4 aromatic rings. The summed E-state index contributed by atoms with van der Waals surface area (Å²) in [6, 6.07) is 12.9. The summed E-state index contributed by atoms with van der Waals surface area (Å²) >= 11 is 0. The molecule has 0 amide bonds. The average molecular weight is 443 g/mol. The molecule has 5 rings (SSSR count). The van der Waals surface area contributed by atoms with Crippen molar-refractivity contribution in [1.29, 1.82) is 0 Å². The summed E-state index contributed by atoms with van der Waals surface area (Å²) in [7, 11) is 2.17. The van der Waals surface area contributed by atoms with Crippen molar-refractivity contribution in [2.45, 2.75) is 20.8 Å². The fourth-order valence-electron chi connectivity index (χ4n) is 4.64. The third-order valence-electron chi connectivity index (χ3n) is 6.37. The Bertz CT molecular complexity index is 1280. The van der Waals surface area contributed by atoms with Crippen molar-refractivity contribution in [2.24, 2.45) is 0 Å². The highest BCUT2D eigenvalue weighted by Gasteiger charge is 2.19. The van der Waals surface area contributed by atoms with Gasteiger partial charge in [-0.15, -0.1) is 0 Å². The Hall–Kier alpha value is -3.65. The van der Waals surface area contributed by atoms with Crippen LogP contribution in [-0.4, -0.2) is 58.3 Å². The number of nitrogens with zero attached hydrogens (tertiary/aromatic N) is 5. The fraction of sp³-hybridized carbons (Fsp3) is 0.320. The molecular weight excluding hydrogens is 412 g/mol. The van der Waals surface area contributed by atoms with Crippen LogP contribution < -0.4 is 16.0 Å². The van der Waals surface area contributed by atoms with Gasteiger partial charge in [-0.1, -0.05) is 29.8 Å². The van der Waals surface area contributed by atoms with E-state index < -0.39 is 0 Å². The Morgan fingerprint density at radius 2 is 1.61 bits per heavy atom. The number of anilines is 4. The minimum absolute atomic E-state index is 0.221. The molecule has 8 nitrogen and oxygen atoms in total. The van der Waals surface area contributed by atoms with E-state index in [-0.39, 0.29) is 5.95 Å². The number of fused-ring (bicyclic) bond motifs is 1. The molecule has 170 valence electrons. The highest BCUT2D eigenvalue weighted by atomic mass is 15.2. The summed E-state index contributed by atoms with van der Waals surface area (Å²) in [6.45, 7) is 10.5. The van der Waals surface area contributed by atoms with Crippen molar-refractivity contribution in [2.75, 3.05) is 49.2 Å².